The topological polar surface area (TPSA) is 54.7 Å². The summed E-state index contributed by atoms with van der Waals surface area (Å²) >= 11 is 0. The van der Waals surface area contributed by atoms with Crippen LogP contribution in [0.25, 0.3) is 0 Å². The number of methoxy groups -OCH3 is 1. The van der Waals surface area contributed by atoms with E-state index < -0.39 is 0 Å². The summed E-state index contributed by atoms with van der Waals surface area (Å²) in [6, 6.07) is 0.457. The first kappa shape index (κ1) is 20.2. The fourth-order valence-electron chi connectivity index (χ4n) is 4.69. The van der Waals surface area contributed by atoms with Crippen molar-refractivity contribution in [2.75, 3.05) is 39.9 Å². The molecule has 0 aromatic carbocycles. The second-order valence-electron chi connectivity index (χ2n) is 8.41. The summed E-state index contributed by atoms with van der Waals surface area (Å²) in [5, 5.41) is 3.55. The van der Waals surface area contributed by atoms with Crippen molar-refractivity contribution in [3.8, 4) is 0 Å². The Morgan fingerprint density at radius 3 is 2.85 bits per heavy atom. The highest BCUT2D eigenvalue weighted by molar-refractivity contribution is 5.80. The van der Waals surface area contributed by atoms with Gasteiger partial charge in [-0.05, 0) is 43.9 Å². The largest absolute Gasteiger partial charge is 0.385 e. The van der Waals surface area contributed by atoms with Crippen molar-refractivity contribution in [1.82, 2.24) is 19.8 Å². The first-order valence-corrected chi connectivity index (χ1v) is 10.7. The van der Waals surface area contributed by atoms with Crippen molar-refractivity contribution in [1.29, 1.82) is 0 Å². The van der Waals surface area contributed by atoms with E-state index in [1.807, 2.05) is 12.5 Å². The van der Waals surface area contributed by atoms with Gasteiger partial charge in [0.2, 0.25) is 0 Å². The molecule has 2 unspecified atom stereocenters. The lowest BCUT2D eigenvalue weighted by Gasteiger charge is -2.39. The van der Waals surface area contributed by atoms with Crippen molar-refractivity contribution in [2.24, 2.45) is 16.3 Å². The minimum absolute atomic E-state index is 0.337. The van der Waals surface area contributed by atoms with Crippen LogP contribution in [-0.4, -0.2) is 60.3 Å². The Bertz CT molecular complexity index is 579. The highest BCUT2D eigenvalue weighted by atomic mass is 16.5. The van der Waals surface area contributed by atoms with Gasteiger partial charge in [-0.15, -0.1) is 0 Å². The average Bonchev–Trinajstić information content (AvgIpc) is 3.37. The second kappa shape index (κ2) is 9.58. The quantitative estimate of drug-likeness (QED) is 0.587. The van der Waals surface area contributed by atoms with Gasteiger partial charge in [0.05, 0.1) is 12.4 Å². The molecule has 2 fully saturated rings. The number of aliphatic imine (C=N–C) groups is 1. The first-order chi connectivity index (χ1) is 13.2. The van der Waals surface area contributed by atoms with Gasteiger partial charge < -0.3 is 19.5 Å². The molecular formula is C21H37N5O. The number of nitrogens with zero attached hydrogens (tertiary/aromatic N) is 4. The van der Waals surface area contributed by atoms with Crippen LogP contribution in [0, 0.1) is 11.3 Å². The van der Waals surface area contributed by atoms with Crippen LogP contribution in [0.2, 0.25) is 0 Å². The van der Waals surface area contributed by atoms with E-state index in [4.69, 9.17) is 9.73 Å². The van der Waals surface area contributed by atoms with Crippen LogP contribution in [-0.2, 0) is 4.74 Å². The van der Waals surface area contributed by atoms with Crippen LogP contribution in [0.4, 0.5) is 0 Å². The molecule has 6 heteroatoms. The highest BCUT2D eigenvalue weighted by Crippen LogP contribution is 2.41. The van der Waals surface area contributed by atoms with E-state index in [-0.39, 0.29) is 0 Å². The minimum atomic E-state index is 0.337. The van der Waals surface area contributed by atoms with Crippen molar-refractivity contribution in [3.05, 3.63) is 18.7 Å². The van der Waals surface area contributed by atoms with E-state index in [9.17, 15) is 0 Å². The molecule has 27 heavy (non-hydrogen) atoms. The van der Waals surface area contributed by atoms with E-state index in [0.717, 1.165) is 45.2 Å². The van der Waals surface area contributed by atoms with Crippen molar-refractivity contribution in [2.45, 2.75) is 58.4 Å². The van der Waals surface area contributed by atoms with E-state index in [2.05, 4.69) is 39.8 Å². The zero-order valence-electron chi connectivity index (χ0n) is 17.4. The third kappa shape index (κ3) is 5.03. The Morgan fingerprint density at radius 1 is 1.37 bits per heavy atom. The maximum Gasteiger partial charge on any atom is 0.194 e. The van der Waals surface area contributed by atoms with Gasteiger partial charge in [-0.1, -0.05) is 19.8 Å². The fraction of sp³-hybridized carbons (Fsp3) is 0.810. The Morgan fingerprint density at radius 2 is 2.19 bits per heavy atom. The lowest BCUT2D eigenvalue weighted by atomic mass is 9.83. The van der Waals surface area contributed by atoms with Gasteiger partial charge in [0.25, 0.3) is 0 Å². The number of aromatic nitrogens is 2. The molecule has 1 saturated heterocycles. The average molecular weight is 376 g/mol. The number of imidazole rings is 1. The molecule has 1 aromatic heterocycles. The van der Waals surface area contributed by atoms with Gasteiger partial charge in [0.1, 0.15) is 0 Å². The van der Waals surface area contributed by atoms with Crippen LogP contribution < -0.4 is 5.32 Å². The van der Waals surface area contributed by atoms with Crippen LogP contribution in [0.3, 0.4) is 0 Å². The Hall–Kier alpha value is -1.56. The van der Waals surface area contributed by atoms with Crippen molar-refractivity contribution in [3.63, 3.8) is 0 Å². The normalized spacial score (nSPS) is 25.7. The summed E-state index contributed by atoms with van der Waals surface area (Å²) in [7, 11) is 1.81. The van der Waals surface area contributed by atoms with Gasteiger partial charge in [0.15, 0.2) is 5.96 Å². The monoisotopic (exact) mass is 375 g/mol. The number of likely N-dealkylation sites (tertiary alicyclic amines) is 1. The van der Waals surface area contributed by atoms with Crippen LogP contribution in [0.15, 0.2) is 23.7 Å². The summed E-state index contributed by atoms with van der Waals surface area (Å²) < 4.78 is 7.64. The molecule has 2 atom stereocenters. The van der Waals surface area contributed by atoms with Gasteiger partial charge in [-0.2, -0.15) is 0 Å². The molecule has 1 aliphatic heterocycles. The predicted octanol–water partition coefficient (Wildman–Crippen LogP) is 3.33. The third-order valence-corrected chi connectivity index (χ3v) is 6.53. The number of nitrogens with one attached hydrogen (secondary N) is 1. The lowest BCUT2D eigenvalue weighted by Crippen LogP contribution is -2.49. The molecule has 0 bridgehead atoms. The molecule has 1 aromatic rings. The summed E-state index contributed by atoms with van der Waals surface area (Å²) in [6.07, 6.45) is 13.5. The van der Waals surface area contributed by atoms with Crippen molar-refractivity contribution < 1.29 is 4.74 Å². The molecule has 1 N–H and O–H groups in total. The summed E-state index contributed by atoms with van der Waals surface area (Å²) in [5.41, 5.74) is 0.337. The first-order valence-electron chi connectivity index (χ1n) is 10.7. The Labute approximate surface area is 164 Å². The van der Waals surface area contributed by atoms with Gasteiger partial charge in [0, 0.05) is 52.3 Å². The standard InChI is InChI=1S/C21H37N5O/c1-4-23-20(24-16-21(10-14-27-3)8-5-6-9-21)25-12-7-18(2)19(15-25)26-13-11-22-17-26/h11,13,17-19H,4-10,12,14-16H2,1-3H3,(H,23,24). The van der Waals surface area contributed by atoms with Crippen LogP contribution in [0.5, 0.6) is 0 Å². The van der Waals surface area contributed by atoms with E-state index in [0.29, 0.717) is 17.4 Å². The lowest BCUT2D eigenvalue weighted by molar-refractivity contribution is 0.140. The molecule has 6 nitrogen and oxygen atoms in total. The summed E-state index contributed by atoms with van der Waals surface area (Å²) in [4.78, 5) is 11.8. The zero-order valence-corrected chi connectivity index (χ0v) is 17.4. The Balaban J connectivity index is 1.71. The number of ether oxygens (including phenoxy) is 1. The third-order valence-electron chi connectivity index (χ3n) is 6.53. The molecular weight excluding hydrogens is 338 g/mol. The number of guanidine groups is 1. The zero-order chi connectivity index (χ0) is 19.1. The molecule has 152 valence electrons. The minimum Gasteiger partial charge on any atom is -0.385 e. The molecule has 0 spiro atoms. The number of rotatable bonds is 7. The van der Waals surface area contributed by atoms with Crippen molar-refractivity contribution >= 4 is 5.96 Å². The maximum atomic E-state index is 5.38. The highest BCUT2D eigenvalue weighted by Gasteiger charge is 2.34. The number of piperidine rings is 1. The molecule has 0 amide bonds. The molecule has 1 aliphatic carbocycles. The summed E-state index contributed by atoms with van der Waals surface area (Å²) in [6.45, 7) is 9.25. The Kier molecular flexibility index (Phi) is 7.16. The molecule has 3 rings (SSSR count). The smallest absolute Gasteiger partial charge is 0.194 e. The molecule has 2 aliphatic rings. The van der Waals surface area contributed by atoms with Gasteiger partial charge in [-0.3, -0.25) is 4.99 Å². The van der Waals surface area contributed by atoms with Crippen LogP contribution >= 0.6 is 0 Å². The number of hydrogen-bond acceptors (Lipinski definition) is 3. The predicted molar refractivity (Wildman–Crippen MR) is 110 cm³/mol. The summed E-state index contributed by atoms with van der Waals surface area (Å²) in [5.74, 6) is 1.74. The van der Waals surface area contributed by atoms with E-state index in [1.54, 1.807) is 7.11 Å². The SMILES string of the molecule is CCNC(=NCC1(CCOC)CCCC1)N1CCC(C)C(n2ccnc2)C1. The van der Waals surface area contributed by atoms with E-state index in [1.165, 1.54) is 32.1 Å². The van der Waals surface area contributed by atoms with Gasteiger partial charge >= 0.3 is 0 Å². The van der Waals surface area contributed by atoms with Crippen LogP contribution in [0.1, 0.15) is 58.4 Å². The number of hydrogen-bond donors (Lipinski definition) is 1. The molecule has 2 heterocycles. The second-order valence-corrected chi connectivity index (χ2v) is 8.41. The van der Waals surface area contributed by atoms with E-state index >= 15 is 0 Å². The molecule has 1 saturated carbocycles. The molecule has 0 radical (unpaired) electrons. The fourth-order valence-corrected chi connectivity index (χ4v) is 4.69. The van der Waals surface area contributed by atoms with Gasteiger partial charge in [-0.25, -0.2) is 4.98 Å². The maximum absolute atomic E-state index is 5.38.